The molecule has 1 aliphatic heterocycles. The van der Waals surface area contributed by atoms with Crippen LogP contribution < -0.4 is 10.3 Å². The van der Waals surface area contributed by atoms with E-state index in [1.807, 2.05) is 19.9 Å². The number of methoxy groups -OCH3 is 1. The van der Waals surface area contributed by atoms with Gasteiger partial charge in [-0.15, -0.1) is 0 Å². The Balaban J connectivity index is 1.53. The summed E-state index contributed by atoms with van der Waals surface area (Å²) in [6.45, 7) is 11.0. The van der Waals surface area contributed by atoms with E-state index in [0.29, 0.717) is 17.1 Å². The average Bonchev–Trinajstić information content (AvgIpc) is 3.31. The molecule has 4 rings (SSSR count). The second-order valence-electron chi connectivity index (χ2n) is 7.93. The van der Waals surface area contributed by atoms with Crippen molar-refractivity contribution in [2.45, 2.75) is 46.6 Å². The smallest absolute Gasteiger partial charge is 0.275 e. The van der Waals surface area contributed by atoms with Gasteiger partial charge in [-0.3, -0.25) is 14.8 Å². The molecule has 1 atom stereocenters. The Bertz CT molecular complexity index is 1100. The highest BCUT2D eigenvalue weighted by atomic mass is 16.5. The molecule has 0 spiro atoms. The van der Waals surface area contributed by atoms with Gasteiger partial charge in [0.1, 0.15) is 5.75 Å². The van der Waals surface area contributed by atoms with Crippen LogP contribution in [0.2, 0.25) is 0 Å². The van der Waals surface area contributed by atoms with Gasteiger partial charge in [-0.25, -0.2) is 9.50 Å². The first-order valence-electron chi connectivity index (χ1n) is 9.83. The first-order valence-corrected chi connectivity index (χ1v) is 9.83. The molecule has 1 aliphatic rings. The lowest BCUT2D eigenvalue weighted by Crippen LogP contribution is -2.21. The molecule has 0 bridgehead atoms. The molecule has 0 saturated carbocycles. The Labute approximate surface area is 165 Å². The van der Waals surface area contributed by atoms with Crippen LogP contribution in [0, 0.1) is 27.7 Å². The lowest BCUT2D eigenvalue weighted by atomic mass is 10.0. The third kappa shape index (κ3) is 3.11. The summed E-state index contributed by atoms with van der Waals surface area (Å²) in [6, 6.07) is 6.27. The molecule has 0 amide bonds. The summed E-state index contributed by atoms with van der Waals surface area (Å²) in [5.41, 5.74) is 7.16. The third-order valence-electron chi connectivity index (χ3n) is 6.28. The van der Waals surface area contributed by atoms with E-state index >= 15 is 0 Å². The van der Waals surface area contributed by atoms with Crippen LogP contribution in [0.4, 0.5) is 0 Å². The standard InChI is InChI=1S/C22H28N4O2/c1-13-14(2)20(28-5)7-6-17(13)11-25-9-8-18(12-25)19-10-21-23-16(4)15(3)22(27)26(21)24-19/h6-7,10,18,24H,8-9,11-12H2,1-5H3. The van der Waals surface area contributed by atoms with Gasteiger partial charge in [0, 0.05) is 42.0 Å². The summed E-state index contributed by atoms with van der Waals surface area (Å²) in [4.78, 5) is 19.5. The van der Waals surface area contributed by atoms with Crippen molar-refractivity contribution in [3.8, 4) is 5.75 Å². The number of rotatable bonds is 4. The molecule has 3 aromatic rings. The first kappa shape index (κ1) is 18.7. The number of nitrogens with zero attached hydrogens (tertiary/aromatic N) is 3. The topological polar surface area (TPSA) is 62.6 Å². The number of hydrogen-bond donors (Lipinski definition) is 1. The summed E-state index contributed by atoms with van der Waals surface area (Å²) in [5.74, 6) is 1.34. The molecule has 0 aliphatic carbocycles. The molecule has 6 nitrogen and oxygen atoms in total. The summed E-state index contributed by atoms with van der Waals surface area (Å²) in [7, 11) is 1.72. The number of aryl methyl sites for hydroxylation is 1. The van der Waals surface area contributed by atoms with Crippen molar-refractivity contribution < 1.29 is 4.74 Å². The van der Waals surface area contributed by atoms with Gasteiger partial charge in [0.25, 0.3) is 5.56 Å². The van der Waals surface area contributed by atoms with E-state index in [0.717, 1.165) is 43.2 Å². The van der Waals surface area contributed by atoms with E-state index in [4.69, 9.17) is 4.74 Å². The average molecular weight is 380 g/mol. The van der Waals surface area contributed by atoms with Gasteiger partial charge in [-0.05, 0) is 63.4 Å². The third-order valence-corrected chi connectivity index (χ3v) is 6.28. The SMILES string of the molecule is COc1ccc(CN2CCC(c3cc4nc(C)c(C)c(=O)n4[nH]3)C2)c(C)c1C. The molecular weight excluding hydrogens is 352 g/mol. The fourth-order valence-corrected chi connectivity index (χ4v) is 4.16. The predicted octanol–water partition coefficient (Wildman–Crippen LogP) is 3.25. The van der Waals surface area contributed by atoms with Crippen molar-refractivity contribution in [2.24, 2.45) is 0 Å². The van der Waals surface area contributed by atoms with Gasteiger partial charge >= 0.3 is 0 Å². The van der Waals surface area contributed by atoms with Crippen LogP contribution >= 0.6 is 0 Å². The van der Waals surface area contributed by atoms with Crippen LogP contribution in [-0.2, 0) is 6.54 Å². The number of nitrogens with one attached hydrogen (secondary N) is 1. The minimum absolute atomic E-state index is 0.00654. The molecule has 1 aromatic carbocycles. The van der Waals surface area contributed by atoms with E-state index in [9.17, 15) is 4.79 Å². The largest absolute Gasteiger partial charge is 0.496 e. The van der Waals surface area contributed by atoms with Crippen LogP contribution in [0.3, 0.4) is 0 Å². The van der Waals surface area contributed by atoms with E-state index in [1.54, 1.807) is 11.6 Å². The van der Waals surface area contributed by atoms with Crippen LogP contribution in [0.25, 0.3) is 5.65 Å². The van der Waals surface area contributed by atoms with Crippen molar-refractivity contribution in [1.82, 2.24) is 19.5 Å². The Kier molecular flexibility index (Phi) is 4.75. The summed E-state index contributed by atoms with van der Waals surface area (Å²) >= 11 is 0. The highest BCUT2D eigenvalue weighted by molar-refractivity contribution is 5.44. The summed E-state index contributed by atoms with van der Waals surface area (Å²) in [6.07, 6.45) is 1.08. The lowest BCUT2D eigenvalue weighted by molar-refractivity contribution is 0.325. The summed E-state index contributed by atoms with van der Waals surface area (Å²) in [5, 5.41) is 3.29. The van der Waals surface area contributed by atoms with Crippen molar-refractivity contribution >= 4 is 5.65 Å². The Morgan fingerprint density at radius 1 is 1.18 bits per heavy atom. The van der Waals surface area contributed by atoms with Crippen molar-refractivity contribution in [3.63, 3.8) is 0 Å². The first-order chi connectivity index (χ1) is 13.4. The molecular formula is C22H28N4O2. The summed E-state index contributed by atoms with van der Waals surface area (Å²) < 4.78 is 7.01. The molecule has 6 heteroatoms. The molecule has 1 unspecified atom stereocenters. The molecule has 148 valence electrons. The molecule has 28 heavy (non-hydrogen) atoms. The molecule has 1 N–H and O–H groups in total. The van der Waals surface area contributed by atoms with Gasteiger partial charge in [-0.1, -0.05) is 6.07 Å². The zero-order valence-corrected chi connectivity index (χ0v) is 17.3. The number of ether oxygens (including phenoxy) is 1. The van der Waals surface area contributed by atoms with Crippen molar-refractivity contribution in [2.75, 3.05) is 20.2 Å². The number of aromatic nitrogens is 3. The highest BCUT2D eigenvalue weighted by Gasteiger charge is 2.26. The number of likely N-dealkylation sites (tertiary alicyclic amines) is 1. The number of benzene rings is 1. The number of fused-ring (bicyclic) bond motifs is 1. The molecule has 1 fully saturated rings. The van der Waals surface area contributed by atoms with Gasteiger partial charge < -0.3 is 4.74 Å². The maximum Gasteiger partial charge on any atom is 0.275 e. The highest BCUT2D eigenvalue weighted by Crippen LogP contribution is 2.30. The van der Waals surface area contributed by atoms with Crippen molar-refractivity contribution in [1.29, 1.82) is 0 Å². The van der Waals surface area contributed by atoms with Crippen LogP contribution in [0.15, 0.2) is 23.0 Å². The lowest BCUT2D eigenvalue weighted by Gasteiger charge is -2.19. The zero-order valence-electron chi connectivity index (χ0n) is 17.3. The van der Waals surface area contributed by atoms with Gasteiger partial charge in [0.05, 0.1) is 7.11 Å². The monoisotopic (exact) mass is 380 g/mol. The quantitative estimate of drug-likeness (QED) is 0.755. The van der Waals surface area contributed by atoms with E-state index in [2.05, 4.69) is 41.0 Å². The fraction of sp³-hybridized carbons (Fsp3) is 0.455. The molecule has 2 aromatic heterocycles. The normalized spacial score (nSPS) is 17.5. The fourth-order valence-electron chi connectivity index (χ4n) is 4.16. The number of aromatic amines is 1. The Hall–Kier alpha value is -2.60. The molecule has 3 heterocycles. The van der Waals surface area contributed by atoms with Gasteiger partial charge in [0.2, 0.25) is 0 Å². The second kappa shape index (κ2) is 7.09. The maximum absolute atomic E-state index is 12.5. The minimum atomic E-state index is -0.00654. The van der Waals surface area contributed by atoms with E-state index in [1.165, 1.54) is 16.7 Å². The van der Waals surface area contributed by atoms with Gasteiger partial charge in [0.15, 0.2) is 5.65 Å². The maximum atomic E-state index is 12.5. The van der Waals surface area contributed by atoms with E-state index in [-0.39, 0.29) is 5.56 Å². The second-order valence-corrected chi connectivity index (χ2v) is 7.93. The Morgan fingerprint density at radius 3 is 2.71 bits per heavy atom. The zero-order chi connectivity index (χ0) is 20.0. The van der Waals surface area contributed by atoms with Crippen LogP contribution in [0.1, 0.15) is 46.0 Å². The van der Waals surface area contributed by atoms with E-state index < -0.39 is 0 Å². The number of H-pyrrole nitrogens is 1. The van der Waals surface area contributed by atoms with Crippen LogP contribution in [0.5, 0.6) is 5.75 Å². The van der Waals surface area contributed by atoms with Crippen LogP contribution in [-0.4, -0.2) is 39.7 Å². The predicted molar refractivity (Wildman–Crippen MR) is 110 cm³/mol. The molecule has 1 saturated heterocycles. The number of hydrogen-bond acceptors (Lipinski definition) is 4. The molecule has 0 radical (unpaired) electrons. The van der Waals surface area contributed by atoms with Gasteiger partial charge in [-0.2, -0.15) is 0 Å². The minimum Gasteiger partial charge on any atom is -0.496 e. The van der Waals surface area contributed by atoms with Crippen molar-refractivity contribution in [3.05, 3.63) is 62.2 Å². The Morgan fingerprint density at radius 2 is 1.96 bits per heavy atom.